The van der Waals surface area contributed by atoms with Gasteiger partial charge in [0.15, 0.2) is 0 Å². The topological polar surface area (TPSA) is 72.3 Å². The zero-order chi connectivity index (χ0) is 24.2. The van der Waals surface area contributed by atoms with Gasteiger partial charge in [0.1, 0.15) is 0 Å². The number of rotatable bonds is 4. The quantitative estimate of drug-likeness (QED) is 0.435. The molecule has 35 heavy (non-hydrogen) atoms. The standard InChI is InChI=1S/C29H27N5O/c1-21-19-34(15-14-33(21)20-27-13-12-23-7-2-3-11-28(23)31-27)29(35)32-26-10-5-9-25(17-26)24-8-4-6-22(16-24)18-30/h2-13,16-17,21H,14-15,19-20H2,1H3,(H,32,35)/t21-/m0/s1. The van der Waals surface area contributed by atoms with E-state index in [-0.39, 0.29) is 12.1 Å². The van der Waals surface area contributed by atoms with E-state index in [1.807, 2.05) is 65.6 Å². The molecule has 0 radical (unpaired) electrons. The van der Waals surface area contributed by atoms with Crippen LogP contribution < -0.4 is 5.32 Å². The molecule has 1 atom stereocenters. The summed E-state index contributed by atoms with van der Waals surface area (Å²) in [5.41, 5.74) is 5.32. The molecule has 0 aliphatic carbocycles. The van der Waals surface area contributed by atoms with E-state index in [4.69, 9.17) is 4.98 Å². The normalized spacial score (nSPS) is 16.1. The van der Waals surface area contributed by atoms with Crippen LogP contribution in [0, 0.1) is 11.3 Å². The first-order valence-corrected chi connectivity index (χ1v) is 11.8. The molecule has 1 aromatic heterocycles. The second-order valence-electron chi connectivity index (χ2n) is 8.96. The van der Waals surface area contributed by atoms with Crippen molar-refractivity contribution in [2.24, 2.45) is 0 Å². The molecular formula is C29H27N5O. The molecule has 174 valence electrons. The van der Waals surface area contributed by atoms with Crippen LogP contribution in [0.2, 0.25) is 0 Å². The van der Waals surface area contributed by atoms with Gasteiger partial charge in [0.25, 0.3) is 0 Å². The molecule has 0 bridgehead atoms. The van der Waals surface area contributed by atoms with Crippen molar-refractivity contribution in [3.63, 3.8) is 0 Å². The van der Waals surface area contributed by atoms with Gasteiger partial charge in [0.05, 0.1) is 22.8 Å². The van der Waals surface area contributed by atoms with E-state index >= 15 is 0 Å². The van der Waals surface area contributed by atoms with Crippen LogP contribution in [0.1, 0.15) is 18.2 Å². The number of hydrogen-bond donors (Lipinski definition) is 1. The van der Waals surface area contributed by atoms with Gasteiger partial charge in [-0.3, -0.25) is 9.88 Å². The third-order valence-corrected chi connectivity index (χ3v) is 6.51. The fourth-order valence-corrected chi connectivity index (χ4v) is 4.57. The third kappa shape index (κ3) is 5.16. The average molecular weight is 462 g/mol. The zero-order valence-electron chi connectivity index (χ0n) is 19.7. The summed E-state index contributed by atoms with van der Waals surface area (Å²) in [6, 6.07) is 29.9. The van der Waals surface area contributed by atoms with Crippen molar-refractivity contribution in [2.75, 3.05) is 25.0 Å². The van der Waals surface area contributed by atoms with Gasteiger partial charge >= 0.3 is 6.03 Å². The number of nitrogens with one attached hydrogen (secondary N) is 1. The molecular weight excluding hydrogens is 434 g/mol. The minimum Gasteiger partial charge on any atom is -0.322 e. The first-order valence-electron chi connectivity index (χ1n) is 11.8. The number of hydrogen-bond acceptors (Lipinski definition) is 4. The van der Waals surface area contributed by atoms with Crippen molar-refractivity contribution >= 4 is 22.6 Å². The number of piperazine rings is 1. The lowest BCUT2D eigenvalue weighted by Gasteiger charge is -2.39. The molecule has 1 saturated heterocycles. The minimum absolute atomic E-state index is 0.0942. The molecule has 1 fully saturated rings. The predicted molar refractivity (Wildman–Crippen MR) is 139 cm³/mol. The molecule has 3 aromatic carbocycles. The maximum Gasteiger partial charge on any atom is 0.321 e. The van der Waals surface area contributed by atoms with E-state index in [1.165, 1.54) is 0 Å². The number of benzene rings is 3. The SMILES string of the molecule is C[C@H]1CN(C(=O)Nc2cccc(-c3cccc(C#N)c3)c2)CCN1Cc1ccc2ccccc2n1. The number of nitrogens with zero attached hydrogens (tertiary/aromatic N) is 4. The Morgan fingerprint density at radius 2 is 1.80 bits per heavy atom. The van der Waals surface area contributed by atoms with Crippen molar-refractivity contribution in [2.45, 2.75) is 19.5 Å². The van der Waals surface area contributed by atoms with Crippen LogP contribution >= 0.6 is 0 Å². The summed E-state index contributed by atoms with van der Waals surface area (Å²) < 4.78 is 0. The Hall–Kier alpha value is -4.21. The Bertz CT molecular complexity index is 1410. The molecule has 5 rings (SSSR count). The number of aromatic nitrogens is 1. The highest BCUT2D eigenvalue weighted by Crippen LogP contribution is 2.24. The minimum atomic E-state index is -0.0942. The van der Waals surface area contributed by atoms with Gasteiger partial charge in [0.2, 0.25) is 0 Å². The number of carbonyl (C=O) groups is 1. The molecule has 1 aliphatic heterocycles. The predicted octanol–water partition coefficient (Wildman–Crippen LogP) is 5.51. The fraction of sp³-hybridized carbons (Fsp3) is 0.207. The van der Waals surface area contributed by atoms with Gasteiger partial charge in [-0.2, -0.15) is 5.26 Å². The van der Waals surface area contributed by atoms with Crippen molar-refractivity contribution < 1.29 is 4.79 Å². The van der Waals surface area contributed by atoms with Gasteiger partial charge in [-0.25, -0.2) is 4.79 Å². The van der Waals surface area contributed by atoms with E-state index in [2.05, 4.69) is 41.4 Å². The summed E-state index contributed by atoms with van der Waals surface area (Å²) in [6.45, 7) is 5.04. The third-order valence-electron chi connectivity index (χ3n) is 6.51. The van der Waals surface area contributed by atoms with Crippen molar-refractivity contribution in [3.05, 3.63) is 96.2 Å². The monoisotopic (exact) mass is 461 g/mol. The number of pyridine rings is 1. The highest BCUT2D eigenvalue weighted by atomic mass is 16.2. The number of fused-ring (bicyclic) bond motifs is 1. The van der Waals surface area contributed by atoms with Gasteiger partial charge in [-0.05, 0) is 54.4 Å². The zero-order valence-corrected chi connectivity index (χ0v) is 19.7. The molecule has 6 heteroatoms. The number of anilines is 1. The largest absolute Gasteiger partial charge is 0.322 e. The lowest BCUT2D eigenvalue weighted by atomic mass is 10.0. The van der Waals surface area contributed by atoms with Gasteiger partial charge < -0.3 is 10.2 Å². The summed E-state index contributed by atoms with van der Waals surface area (Å²) in [6.07, 6.45) is 0. The first-order chi connectivity index (χ1) is 17.1. The van der Waals surface area contributed by atoms with Crippen LogP contribution in [0.3, 0.4) is 0 Å². The van der Waals surface area contributed by atoms with Crippen molar-refractivity contribution in [1.29, 1.82) is 5.26 Å². The molecule has 6 nitrogen and oxygen atoms in total. The molecule has 2 heterocycles. The number of para-hydroxylation sites is 1. The highest BCUT2D eigenvalue weighted by molar-refractivity contribution is 5.90. The Balaban J connectivity index is 1.21. The summed E-state index contributed by atoms with van der Waals surface area (Å²) in [5, 5.41) is 13.4. The molecule has 4 aromatic rings. The van der Waals surface area contributed by atoms with Crippen molar-refractivity contribution in [1.82, 2.24) is 14.8 Å². The molecule has 1 aliphatic rings. The Morgan fingerprint density at radius 3 is 2.63 bits per heavy atom. The van der Waals surface area contributed by atoms with E-state index in [0.29, 0.717) is 18.7 Å². The van der Waals surface area contributed by atoms with Crippen molar-refractivity contribution in [3.8, 4) is 17.2 Å². The number of urea groups is 1. The summed E-state index contributed by atoms with van der Waals surface area (Å²) in [7, 11) is 0. The maximum atomic E-state index is 13.0. The number of carbonyl (C=O) groups excluding carboxylic acids is 1. The van der Waals surface area contributed by atoms with E-state index in [0.717, 1.165) is 46.5 Å². The van der Waals surface area contributed by atoms with Gasteiger partial charge in [-0.1, -0.05) is 48.5 Å². The summed E-state index contributed by atoms with van der Waals surface area (Å²) in [4.78, 5) is 22.1. The van der Waals surface area contributed by atoms with Gasteiger partial charge in [-0.15, -0.1) is 0 Å². The van der Waals surface area contributed by atoms with Crippen LogP contribution in [0.15, 0.2) is 84.9 Å². The van der Waals surface area contributed by atoms with Crippen LogP contribution in [0.4, 0.5) is 10.5 Å². The molecule has 1 N–H and O–H groups in total. The Labute approximate surface area is 205 Å². The van der Waals surface area contributed by atoms with E-state index < -0.39 is 0 Å². The lowest BCUT2D eigenvalue weighted by Crippen LogP contribution is -2.54. The smallest absolute Gasteiger partial charge is 0.321 e. The van der Waals surface area contributed by atoms with Gasteiger partial charge in [0, 0.05) is 43.3 Å². The van der Waals surface area contributed by atoms with Crippen LogP contribution in [0.25, 0.3) is 22.0 Å². The second-order valence-corrected chi connectivity index (χ2v) is 8.96. The second kappa shape index (κ2) is 9.96. The van der Waals surface area contributed by atoms with E-state index in [1.54, 1.807) is 6.07 Å². The fourth-order valence-electron chi connectivity index (χ4n) is 4.57. The highest BCUT2D eigenvalue weighted by Gasteiger charge is 2.27. The van der Waals surface area contributed by atoms with E-state index in [9.17, 15) is 10.1 Å². The number of amides is 2. The average Bonchev–Trinajstić information content (AvgIpc) is 2.90. The summed E-state index contributed by atoms with van der Waals surface area (Å²) >= 11 is 0. The molecule has 0 spiro atoms. The van der Waals surface area contributed by atoms with Crippen LogP contribution in [-0.2, 0) is 6.54 Å². The lowest BCUT2D eigenvalue weighted by molar-refractivity contribution is 0.0965. The summed E-state index contributed by atoms with van der Waals surface area (Å²) in [5.74, 6) is 0. The first kappa shape index (κ1) is 22.6. The van der Waals surface area contributed by atoms with Crippen LogP contribution in [0.5, 0.6) is 0 Å². The molecule has 0 unspecified atom stereocenters. The maximum absolute atomic E-state index is 13.0. The molecule has 0 saturated carbocycles. The Kier molecular flexibility index (Phi) is 6.42. The molecule has 2 amide bonds. The Morgan fingerprint density at radius 1 is 1.00 bits per heavy atom. The van der Waals surface area contributed by atoms with Crippen LogP contribution in [-0.4, -0.2) is 46.5 Å². The number of nitriles is 1.